The van der Waals surface area contributed by atoms with E-state index in [-0.39, 0.29) is 5.82 Å². The Morgan fingerprint density at radius 1 is 1.05 bits per heavy atom. The van der Waals surface area contributed by atoms with E-state index in [0.717, 1.165) is 22.3 Å². The second kappa shape index (κ2) is 4.76. The first-order chi connectivity index (χ1) is 9.25. The quantitative estimate of drug-likeness (QED) is 0.745. The molecule has 3 aromatic rings. The van der Waals surface area contributed by atoms with Crippen molar-refractivity contribution in [2.75, 3.05) is 5.32 Å². The second-order valence-corrected chi connectivity index (χ2v) is 4.47. The van der Waals surface area contributed by atoms with Crippen molar-refractivity contribution in [1.82, 2.24) is 0 Å². The number of fused-ring (bicyclic) bond motifs is 1. The van der Waals surface area contributed by atoms with Crippen LogP contribution in [0.25, 0.3) is 11.0 Å². The van der Waals surface area contributed by atoms with Gasteiger partial charge in [-0.1, -0.05) is 30.3 Å². The predicted octanol–water partition coefficient (Wildman–Crippen LogP) is 4.49. The maximum atomic E-state index is 13.5. The number of anilines is 1. The standard InChI is InChI=1S/C16H14FNO/c1-11-13(12-6-2-5-9-16(12)19-11)10-18-15-8-4-3-7-14(15)17/h2-9,18H,10H2,1H3. The number of hydrogen-bond donors (Lipinski definition) is 1. The van der Waals surface area contributed by atoms with Gasteiger partial charge in [0.25, 0.3) is 0 Å². The molecule has 3 heteroatoms. The summed E-state index contributed by atoms with van der Waals surface area (Å²) in [5.74, 6) is 0.623. The van der Waals surface area contributed by atoms with Crippen LogP contribution in [0, 0.1) is 12.7 Å². The molecule has 96 valence electrons. The van der Waals surface area contributed by atoms with Crippen molar-refractivity contribution < 1.29 is 8.81 Å². The third kappa shape index (κ3) is 2.19. The van der Waals surface area contributed by atoms with Gasteiger partial charge in [-0.25, -0.2) is 4.39 Å². The maximum absolute atomic E-state index is 13.5. The third-order valence-electron chi connectivity index (χ3n) is 3.23. The van der Waals surface area contributed by atoms with Crippen LogP contribution in [0.15, 0.2) is 52.9 Å². The van der Waals surface area contributed by atoms with E-state index in [1.807, 2.05) is 37.3 Å². The Bertz CT molecular complexity index is 718. The summed E-state index contributed by atoms with van der Waals surface area (Å²) in [6, 6.07) is 14.5. The van der Waals surface area contributed by atoms with Crippen molar-refractivity contribution in [3.8, 4) is 0 Å². The Labute approximate surface area is 110 Å². The summed E-state index contributed by atoms with van der Waals surface area (Å²) in [5, 5.41) is 4.19. The van der Waals surface area contributed by atoms with Crippen LogP contribution in [0.4, 0.5) is 10.1 Å². The van der Waals surface area contributed by atoms with Crippen LogP contribution in [0.1, 0.15) is 11.3 Å². The van der Waals surface area contributed by atoms with Crippen molar-refractivity contribution in [2.45, 2.75) is 13.5 Å². The second-order valence-electron chi connectivity index (χ2n) is 4.47. The van der Waals surface area contributed by atoms with E-state index >= 15 is 0 Å². The molecule has 0 unspecified atom stereocenters. The SMILES string of the molecule is Cc1oc2ccccc2c1CNc1ccccc1F. The van der Waals surface area contributed by atoms with E-state index in [2.05, 4.69) is 5.32 Å². The van der Waals surface area contributed by atoms with E-state index in [4.69, 9.17) is 4.42 Å². The maximum Gasteiger partial charge on any atom is 0.146 e. The number of nitrogens with one attached hydrogen (secondary N) is 1. The summed E-state index contributed by atoms with van der Waals surface area (Å²) in [6.45, 7) is 2.47. The smallest absolute Gasteiger partial charge is 0.146 e. The summed E-state index contributed by atoms with van der Waals surface area (Å²) in [5.41, 5.74) is 2.44. The number of aryl methyl sites for hydroxylation is 1. The Kier molecular flexibility index (Phi) is 2.95. The molecular formula is C16H14FNO. The molecule has 0 amide bonds. The lowest BCUT2D eigenvalue weighted by atomic mass is 10.1. The van der Waals surface area contributed by atoms with Gasteiger partial charge in [0.05, 0.1) is 5.69 Å². The topological polar surface area (TPSA) is 25.2 Å². The third-order valence-corrected chi connectivity index (χ3v) is 3.23. The van der Waals surface area contributed by atoms with Gasteiger partial charge in [0.2, 0.25) is 0 Å². The largest absolute Gasteiger partial charge is 0.461 e. The molecule has 1 heterocycles. The number of rotatable bonds is 3. The fourth-order valence-corrected chi connectivity index (χ4v) is 2.23. The number of benzene rings is 2. The summed E-state index contributed by atoms with van der Waals surface area (Å²) in [7, 11) is 0. The molecule has 3 rings (SSSR count). The zero-order valence-electron chi connectivity index (χ0n) is 10.6. The fraction of sp³-hybridized carbons (Fsp3) is 0.125. The van der Waals surface area contributed by atoms with Crippen molar-refractivity contribution in [2.24, 2.45) is 0 Å². The van der Waals surface area contributed by atoms with Gasteiger partial charge in [-0.3, -0.25) is 0 Å². The van der Waals surface area contributed by atoms with Crippen LogP contribution in [-0.4, -0.2) is 0 Å². The van der Waals surface area contributed by atoms with Gasteiger partial charge >= 0.3 is 0 Å². The van der Waals surface area contributed by atoms with Gasteiger partial charge in [0.15, 0.2) is 0 Å². The van der Waals surface area contributed by atoms with Crippen molar-refractivity contribution >= 4 is 16.7 Å². The molecule has 0 aliphatic carbocycles. The monoisotopic (exact) mass is 255 g/mol. The number of para-hydroxylation sites is 2. The molecule has 1 aromatic heterocycles. The van der Waals surface area contributed by atoms with Crippen molar-refractivity contribution in [1.29, 1.82) is 0 Å². The number of furan rings is 1. The Hall–Kier alpha value is -2.29. The van der Waals surface area contributed by atoms with E-state index in [9.17, 15) is 4.39 Å². The lowest BCUT2D eigenvalue weighted by Gasteiger charge is -2.06. The molecule has 19 heavy (non-hydrogen) atoms. The van der Waals surface area contributed by atoms with Gasteiger partial charge in [0, 0.05) is 17.5 Å². The highest BCUT2D eigenvalue weighted by atomic mass is 19.1. The summed E-state index contributed by atoms with van der Waals surface area (Å²) >= 11 is 0. The highest BCUT2D eigenvalue weighted by Crippen LogP contribution is 2.26. The summed E-state index contributed by atoms with van der Waals surface area (Å²) < 4.78 is 19.2. The minimum absolute atomic E-state index is 0.243. The van der Waals surface area contributed by atoms with Crippen molar-refractivity contribution in [3.63, 3.8) is 0 Å². The van der Waals surface area contributed by atoms with Crippen LogP contribution >= 0.6 is 0 Å². The zero-order valence-corrected chi connectivity index (χ0v) is 10.6. The van der Waals surface area contributed by atoms with Crippen LogP contribution in [-0.2, 0) is 6.54 Å². The minimum Gasteiger partial charge on any atom is -0.461 e. The van der Waals surface area contributed by atoms with E-state index in [1.54, 1.807) is 12.1 Å². The molecule has 0 fully saturated rings. The predicted molar refractivity (Wildman–Crippen MR) is 74.7 cm³/mol. The van der Waals surface area contributed by atoms with Crippen LogP contribution < -0.4 is 5.32 Å². The van der Waals surface area contributed by atoms with Crippen LogP contribution in [0.5, 0.6) is 0 Å². The zero-order chi connectivity index (χ0) is 13.2. The lowest BCUT2D eigenvalue weighted by molar-refractivity contribution is 0.572. The Balaban J connectivity index is 1.90. The molecule has 2 nitrogen and oxygen atoms in total. The first-order valence-electron chi connectivity index (χ1n) is 6.21. The summed E-state index contributed by atoms with van der Waals surface area (Å²) in [6.07, 6.45) is 0. The molecule has 1 N–H and O–H groups in total. The van der Waals surface area contributed by atoms with Gasteiger partial charge in [-0.2, -0.15) is 0 Å². The van der Waals surface area contributed by atoms with E-state index < -0.39 is 0 Å². The van der Waals surface area contributed by atoms with E-state index in [1.165, 1.54) is 6.07 Å². The van der Waals surface area contributed by atoms with Gasteiger partial charge < -0.3 is 9.73 Å². The van der Waals surface area contributed by atoms with Gasteiger partial charge in [-0.05, 0) is 25.1 Å². The normalized spacial score (nSPS) is 10.8. The van der Waals surface area contributed by atoms with Gasteiger partial charge in [-0.15, -0.1) is 0 Å². The molecule has 0 aliphatic heterocycles. The molecule has 0 atom stereocenters. The Morgan fingerprint density at radius 2 is 1.79 bits per heavy atom. The first-order valence-corrected chi connectivity index (χ1v) is 6.21. The first kappa shape index (κ1) is 11.8. The molecule has 0 radical (unpaired) electrons. The fourth-order valence-electron chi connectivity index (χ4n) is 2.23. The van der Waals surface area contributed by atoms with Crippen LogP contribution in [0.2, 0.25) is 0 Å². The minimum atomic E-state index is -0.243. The number of hydrogen-bond acceptors (Lipinski definition) is 2. The van der Waals surface area contributed by atoms with Crippen molar-refractivity contribution in [3.05, 3.63) is 65.7 Å². The molecule has 0 spiro atoms. The average Bonchev–Trinajstić information content (AvgIpc) is 2.74. The Morgan fingerprint density at radius 3 is 2.63 bits per heavy atom. The summed E-state index contributed by atoms with van der Waals surface area (Å²) in [4.78, 5) is 0. The molecule has 0 bridgehead atoms. The molecule has 0 aliphatic rings. The number of halogens is 1. The molecule has 2 aromatic carbocycles. The highest BCUT2D eigenvalue weighted by molar-refractivity contribution is 5.82. The van der Waals surface area contributed by atoms with Gasteiger partial charge in [0.1, 0.15) is 17.2 Å². The average molecular weight is 255 g/mol. The highest BCUT2D eigenvalue weighted by Gasteiger charge is 2.10. The van der Waals surface area contributed by atoms with Crippen LogP contribution in [0.3, 0.4) is 0 Å². The molecule has 0 saturated heterocycles. The lowest BCUT2D eigenvalue weighted by Crippen LogP contribution is -2.01. The molecule has 0 saturated carbocycles. The molecular weight excluding hydrogens is 241 g/mol. The van der Waals surface area contributed by atoms with E-state index in [0.29, 0.717) is 12.2 Å².